The van der Waals surface area contributed by atoms with Crippen molar-refractivity contribution in [3.63, 3.8) is 0 Å². The Bertz CT molecular complexity index is 462. The Balaban J connectivity index is 1.94. The van der Waals surface area contributed by atoms with Crippen LogP contribution in [-0.4, -0.2) is 18.4 Å². The number of carbonyl (C=O) groups excluding carboxylic acids is 2. The third-order valence-corrected chi connectivity index (χ3v) is 5.05. The summed E-state index contributed by atoms with van der Waals surface area (Å²) < 4.78 is 5.41. The van der Waals surface area contributed by atoms with Crippen LogP contribution in [0.1, 0.15) is 32.6 Å². The molecule has 0 aromatic heterocycles. The molecule has 4 atom stereocenters. The van der Waals surface area contributed by atoms with Crippen molar-refractivity contribution in [3.05, 3.63) is 23.8 Å². The molecule has 18 heavy (non-hydrogen) atoms. The van der Waals surface area contributed by atoms with E-state index in [1.165, 1.54) is 0 Å². The first-order valence-corrected chi connectivity index (χ1v) is 6.60. The van der Waals surface area contributed by atoms with Gasteiger partial charge in [0.1, 0.15) is 12.4 Å². The predicted molar refractivity (Wildman–Crippen MR) is 66.7 cm³/mol. The lowest BCUT2D eigenvalue weighted by atomic mass is 9.57. The fourth-order valence-corrected chi connectivity index (χ4v) is 3.95. The molecule has 3 heteroatoms. The van der Waals surface area contributed by atoms with Gasteiger partial charge in [-0.15, -0.1) is 0 Å². The lowest BCUT2D eigenvalue weighted by Crippen LogP contribution is -2.43. The third-order valence-electron chi connectivity index (χ3n) is 5.05. The summed E-state index contributed by atoms with van der Waals surface area (Å²) in [7, 11) is 0. The van der Waals surface area contributed by atoms with Gasteiger partial charge in [0.2, 0.25) is 0 Å². The van der Waals surface area contributed by atoms with E-state index in [2.05, 4.69) is 19.6 Å². The fraction of sp³-hybridized carbons (Fsp3) is 0.600. The van der Waals surface area contributed by atoms with Crippen LogP contribution < -0.4 is 0 Å². The van der Waals surface area contributed by atoms with Gasteiger partial charge in [0.15, 0.2) is 0 Å². The zero-order chi connectivity index (χ0) is 12.9. The molecule has 0 unspecified atom stereocenters. The molecule has 0 radical (unpaired) electrons. The fourth-order valence-electron chi connectivity index (χ4n) is 3.95. The Morgan fingerprint density at radius 1 is 1.56 bits per heavy atom. The van der Waals surface area contributed by atoms with E-state index >= 15 is 0 Å². The van der Waals surface area contributed by atoms with Gasteiger partial charge in [-0.25, -0.2) is 4.79 Å². The molecule has 96 valence electrons. The molecule has 1 saturated carbocycles. The first-order valence-electron chi connectivity index (χ1n) is 6.60. The van der Waals surface area contributed by atoms with E-state index in [0.717, 1.165) is 37.5 Å². The van der Waals surface area contributed by atoms with Crippen LogP contribution in [0.3, 0.4) is 0 Å². The van der Waals surface area contributed by atoms with Gasteiger partial charge in [0, 0.05) is 11.5 Å². The maximum absolute atomic E-state index is 11.6. The van der Waals surface area contributed by atoms with Gasteiger partial charge in [-0.1, -0.05) is 19.6 Å². The van der Waals surface area contributed by atoms with Gasteiger partial charge in [-0.05, 0) is 42.6 Å². The zero-order valence-electron chi connectivity index (χ0n) is 10.6. The van der Waals surface area contributed by atoms with E-state index in [-0.39, 0.29) is 29.3 Å². The highest BCUT2D eigenvalue weighted by Gasteiger charge is 2.52. The molecular weight excluding hydrogens is 228 g/mol. The molecule has 3 rings (SSSR count). The van der Waals surface area contributed by atoms with Crippen LogP contribution in [0.2, 0.25) is 0 Å². The molecule has 2 fully saturated rings. The zero-order valence-corrected chi connectivity index (χ0v) is 10.6. The summed E-state index contributed by atoms with van der Waals surface area (Å²) in [4.78, 5) is 22.8. The van der Waals surface area contributed by atoms with Gasteiger partial charge >= 0.3 is 5.97 Å². The molecular formula is C15H18O3. The highest BCUT2D eigenvalue weighted by molar-refractivity contribution is 5.91. The van der Waals surface area contributed by atoms with Crippen LogP contribution in [0.5, 0.6) is 0 Å². The molecule has 0 amide bonds. The molecule has 1 aliphatic heterocycles. The number of aldehydes is 1. The van der Waals surface area contributed by atoms with E-state index in [1.54, 1.807) is 0 Å². The lowest BCUT2D eigenvalue weighted by Gasteiger charge is -2.47. The molecule has 0 aromatic rings. The Morgan fingerprint density at radius 3 is 3.06 bits per heavy atom. The number of rotatable bonds is 1. The largest absolute Gasteiger partial charge is 0.458 e. The molecule has 0 aromatic carbocycles. The van der Waals surface area contributed by atoms with Crippen molar-refractivity contribution in [2.45, 2.75) is 38.7 Å². The average molecular weight is 246 g/mol. The Kier molecular flexibility index (Phi) is 2.47. The molecule has 2 aliphatic carbocycles. The van der Waals surface area contributed by atoms with Crippen LogP contribution >= 0.6 is 0 Å². The summed E-state index contributed by atoms with van der Waals surface area (Å²) in [6.45, 7) is 6.07. The summed E-state index contributed by atoms with van der Waals surface area (Å²) in [5.41, 5.74) is 1.60. The molecule has 0 spiro atoms. The number of fused-ring (bicyclic) bond motifs is 2. The highest BCUT2D eigenvalue weighted by Crippen LogP contribution is 2.55. The maximum atomic E-state index is 11.6. The number of allylic oxidation sites excluding steroid dienone is 2. The van der Waals surface area contributed by atoms with E-state index in [1.807, 2.05) is 0 Å². The SMILES string of the molecule is C=C1C(=O)O[C@@H]2C[C@@]3(C)CCC=C(C=O)[C@@H]3C[C@H]12. The summed E-state index contributed by atoms with van der Waals surface area (Å²) in [5.74, 6) is 0.122. The first kappa shape index (κ1) is 11.7. The van der Waals surface area contributed by atoms with Gasteiger partial charge in [0.25, 0.3) is 0 Å². The number of hydrogen-bond acceptors (Lipinski definition) is 3. The number of esters is 1. The molecule has 0 bridgehead atoms. The second-order valence-corrected chi connectivity index (χ2v) is 6.08. The van der Waals surface area contributed by atoms with Crippen molar-refractivity contribution < 1.29 is 14.3 Å². The van der Waals surface area contributed by atoms with Crippen molar-refractivity contribution in [1.82, 2.24) is 0 Å². The van der Waals surface area contributed by atoms with Gasteiger partial charge < -0.3 is 4.74 Å². The minimum atomic E-state index is -0.246. The standard InChI is InChI=1S/C15H18O3/c1-9-11-6-12-10(8-16)4-3-5-15(12,2)7-13(11)18-14(9)17/h4,8,11-13H,1,3,5-7H2,2H3/t11-,12+,13-,15-/m1/s1. The minimum absolute atomic E-state index is 0.0164. The minimum Gasteiger partial charge on any atom is -0.458 e. The van der Waals surface area contributed by atoms with Crippen molar-refractivity contribution in [2.24, 2.45) is 17.3 Å². The van der Waals surface area contributed by atoms with Gasteiger partial charge in [-0.2, -0.15) is 0 Å². The molecule has 1 saturated heterocycles. The van der Waals surface area contributed by atoms with Gasteiger partial charge in [-0.3, -0.25) is 4.79 Å². The van der Waals surface area contributed by atoms with Crippen LogP contribution in [-0.2, 0) is 14.3 Å². The monoisotopic (exact) mass is 246 g/mol. The second kappa shape index (κ2) is 3.81. The number of ether oxygens (including phenoxy) is 1. The first-order chi connectivity index (χ1) is 8.55. The molecule has 0 N–H and O–H groups in total. The van der Waals surface area contributed by atoms with E-state index in [9.17, 15) is 9.59 Å². The maximum Gasteiger partial charge on any atom is 0.334 e. The van der Waals surface area contributed by atoms with Crippen LogP contribution in [0.15, 0.2) is 23.8 Å². The van der Waals surface area contributed by atoms with Crippen LogP contribution in [0.4, 0.5) is 0 Å². The van der Waals surface area contributed by atoms with Crippen molar-refractivity contribution in [1.29, 1.82) is 0 Å². The highest BCUT2D eigenvalue weighted by atomic mass is 16.6. The van der Waals surface area contributed by atoms with Gasteiger partial charge in [0.05, 0.1) is 0 Å². The van der Waals surface area contributed by atoms with E-state index < -0.39 is 0 Å². The lowest BCUT2D eigenvalue weighted by molar-refractivity contribution is -0.142. The Labute approximate surface area is 107 Å². The summed E-state index contributed by atoms with van der Waals surface area (Å²) >= 11 is 0. The number of carbonyl (C=O) groups is 2. The van der Waals surface area contributed by atoms with Crippen LogP contribution in [0, 0.1) is 17.3 Å². The quantitative estimate of drug-likeness (QED) is 0.405. The molecule has 3 nitrogen and oxygen atoms in total. The topological polar surface area (TPSA) is 43.4 Å². The third kappa shape index (κ3) is 1.49. The van der Waals surface area contributed by atoms with E-state index in [4.69, 9.17) is 4.74 Å². The van der Waals surface area contributed by atoms with Crippen molar-refractivity contribution >= 4 is 12.3 Å². The summed E-state index contributed by atoms with van der Waals surface area (Å²) in [6, 6.07) is 0. The molecule has 1 heterocycles. The van der Waals surface area contributed by atoms with Crippen molar-refractivity contribution in [2.75, 3.05) is 0 Å². The summed E-state index contributed by atoms with van der Waals surface area (Å²) in [6.07, 6.45) is 6.74. The van der Waals surface area contributed by atoms with E-state index in [0.29, 0.717) is 5.57 Å². The Hall–Kier alpha value is -1.38. The summed E-state index contributed by atoms with van der Waals surface area (Å²) in [5, 5.41) is 0. The Morgan fingerprint density at radius 2 is 2.33 bits per heavy atom. The smallest absolute Gasteiger partial charge is 0.334 e. The van der Waals surface area contributed by atoms with Crippen LogP contribution in [0.25, 0.3) is 0 Å². The second-order valence-electron chi connectivity index (χ2n) is 6.08. The predicted octanol–water partition coefficient (Wildman–Crippen LogP) is 2.42. The number of hydrogen-bond donors (Lipinski definition) is 0. The molecule has 3 aliphatic rings. The van der Waals surface area contributed by atoms with Crippen molar-refractivity contribution in [3.8, 4) is 0 Å². The average Bonchev–Trinajstić information content (AvgIpc) is 2.60. The normalized spacial score (nSPS) is 42.7.